The number of halogens is 1. The molecule has 7 nitrogen and oxygen atoms in total. The van der Waals surface area contributed by atoms with Crippen LogP contribution in [-0.2, 0) is 0 Å². The summed E-state index contributed by atoms with van der Waals surface area (Å²) >= 11 is 6.55. The van der Waals surface area contributed by atoms with E-state index in [-0.39, 0.29) is 16.7 Å². The molecular weight excluding hydrogens is 510 g/mol. The molecule has 1 fully saturated rings. The van der Waals surface area contributed by atoms with Crippen molar-refractivity contribution in [3.8, 4) is 11.8 Å². The minimum absolute atomic E-state index is 0.0335. The smallest absolute Gasteiger partial charge is 0.350 e. The maximum Gasteiger partial charge on any atom is 0.350 e. The van der Waals surface area contributed by atoms with Crippen LogP contribution >= 0.6 is 11.6 Å². The number of hydrogen-bond donors (Lipinski definition) is 0. The van der Waals surface area contributed by atoms with Gasteiger partial charge in [-0.05, 0) is 48.0 Å². The lowest BCUT2D eigenvalue weighted by molar-refractivity contribution is 0.255. The molecular formula is C31H22ClN5O2. The number of amides is 2. The summed E-state index contributed by atoms with van der Waals surface area (Å²) in [6, 6.07) is 35.9. The molecule has 5 aromatic rings. The molecule has 0 spiro atoms. The number of nitriles is 1. The number of benzene rings is 4. The Morgan fingerprint density at radius 1 is 0.846 bits per heavy atom. The number of urea groups is 1. The van der Waals surface area contributed by atoms with Crippen LogP contribution in [0, 0.1) is 11.3 Å². The van der Waals surface area contributed by atoms with Crippen LogP contribution in [0.5, 0.6) is 5.75 Å². The summed E-state index contributed by atoms with van der Waals surface area (Å²) in [6.07, 6.45) is -0.592. The van der Waals surface area contributed by atoms with Gasteiger partial charge in [-0.2, -0.15) is 10.3 Å². The predicted molar refractivity (Wildman–Crippen MR) is 153 cm³/mol. The van der Waals surface area contributed by atoms with Gasteiger partial charge in [0.1, 0.15) is 22.5 Å². The zero-order chi connectivity index (χ0) is 26.9. The van der Waals surface area contributed by atoms with Gasteiger partial charge in [-0.25, -0.2) is 14.8 Å². The van der Waals surface area contributed by atoms with Gasteiger partial charge < -0.3 is 4.74 Å². The van der Waals surface area contributed by atoms with Crippen molar-refractivity contribution in [3.63, 3.8) is 0 Å². The van der Waals surface area contributed by atoms with Gasteiger partial charge in [-0.15, -0.1) is 0 Å². The number of carbonyl (C=O) groups is 1. The fraction of sp³-hybridized carbons (Fsp3) is 0.0645. The number of methoxy groups -OCH3 is 1. The largest absolute Gasteiger partial charge is 0.497 e. The molecule has 0 N–H and O–H groups in total. The Labute approximate surface area is 230 Å². The molecule has 0 aliphatic carbocycles. The van der Waals surface area contributed by atoms with Crippen molar-refractivity contribution in [2.24, 2.45) is 0 Å². The molecule has 0 saturated carbocycles. The van der Waals surface area contributed by atoms with Crippen molar-refractivity contribution in [2.75, 3.05) is 22.0 Å². The molecule has 1 aliphatic heterocycles. The van der Waals surface area contributed by atoms with E-state index >= 15 is 0 Å². The first-order valence-corrected chi connectivity index (χ1v) is 12.6. The third kappa shape index (κ3) is 4.08. The molecule has 0 bridgehead atoms. The molecule has 8 heteroatoms. The number of aromatic nitrogens is 1. The van der Waals surface area contributed by atoms with Crippen LogP contribution in [0.15, 0.2) is 109 Å². The van der Waals surface area contributed by atoms with Crippen molar-refractivity contribution in [2.45, 2.75) is 6.17 Å². The van der Waals surface area contributed by atoms with Crippen LogP contribution in [0.3, 0.4) is 0 Å². The lowest BCUT2D eigenvalue weighted by Crippen LogP contribution is -2.40. The zero-order valence-electron chi connectivity index (χ0n) is 20.9. The van der Waals surface area contributed by atoms with Crippen LogP contribution in [0.1, 0.15) is 17.3 Å². The van der Waals surface area contributed by atoms with Crippen LogP contribution in [-0.4, -0.2) is 18.1 Å². The Morgan fingerprint density at radius 3 is 2.10 bits per heavy atom. The van der Waals surface area contributed by atoms with Gasteiger partial charge in [0, 0.05) is 11.1 Å². The maximum absolute atomic E-state index is 14.6. The summed E-state index contributed by atoms with van der Waals surface area (Å²) in [7, 11) is 1.62. The zero-order valence-corrected chi connectivity index (χ0v) is 21.7. The highest BCUT2D eigenvalue weighted by atomic mass is 35.5. The fourth-order valence-electron chi connectivity index (χ4n) is 4.95. The number of rotatable bonds is 5. The first-order valence-electron chi connectivity index (χ1n) is 12.3. The second-order valence-corrected chi connectivity index (χ2v) is 9.24. The summed E-state index contributed by atoms with van der Waals surface area (Å²) in [5, 5.41) is 14.3. The van der Waals surface area contributed by atoms with Gasteiger partial charge in [0.15, 0.2) is 6.17 Å². The molecule has 2 amide bonds. The van der Waals surface area contributed by atoms with Crippen LogP contribution in [0.2, 0.25) is 5.15 Å². The first-order chi connectivity index (χ1) is 19.1. The van der Waals surface area contributed by atoms with E-state index in [4.69, 9.17) is 16.3 Å². The Hall–Kier alpha value is -5.06. The third-order valence-electron chi connectivity index (χ3n) is 6.69. The summed E-state index contributed by atoms with van der Waals surface area (Å²) in [5.74, 6) is 0.705. The van der Waals surface area contributed by atoms with Crippen molar-refractivity contribution >= 4 is 45.6 Å². The summed E-state index contributed by atoms with van der Waals surface area (Å²) in [4.78, 5) is 20.8. The van der Waals surface area contributed by atoms with E-state index in [1.54, 1.807) is 17.0 Å². The molecule has 190 valence electrons. The number of carbonyl (C=O) groups excluding carboxylic acids is 1. The number of hydrazine groups is 1. The van der Waals surface area contributed by atoms with E-state index in [0.29, 0.717) is 28.0 Å². The number of hydrogen-bond acceptors (Lipinski definition) is 5. The van der Waals surface area contributed by atoms with Crippen LogP contribution < -0.4 is 19.7 Å². The van der Waals surface area contributed by atoms with Crippen molar-refractivity contribution in [1.29, 1.82) is 5.26 Å². The van der Waals surface area contributed by atoms with Gasteiger partial charge in [-0.3, -0.25) is 4.90 Å². The molecule has 6 rings (SSSR count). The topological polar surface area (TPSA) is 72.7 Å². The van der Waals surface area contributed by atoms with E-state index in [2.05, 4.69) is 11.1 Å². The van der Waals surface area contributed by atoms with Crippen LogP contribution in [0.4, 0.5) is 21.9 Å². The lowest BCUT2D eigenvalue weighted by Gasteiger charge is -2.34. The van der Waals surface area contributed by atoms with Crippen molar-refractivity contribution in [1.82, 2.24) is 4.98 Å². The maximum atomic E-state index is 14.6. The molecule has 4 aromatic carbocycles. The van der Waals surface area contributed by atoms with Gasteiger partial charge in [0.2, 0.25) is 0 Å². The highest BCUT2D eigenvalue weighted by molar-refractivity contribution is 6.32. The quantitative estimate of drug-likeness (QED) is 0.222. The van der Waals surface area contributed by atoms with E-state index in [1.165, 1.54) is 0 Å². The predicted octanol–water partition coefficient (Wildman–Crippen LogP) is 7.34. The standard InChI is InChI=1S/C31H22ClN5O2/c1-39-24-18-16-21(17-19-24)30-35(22-10-4-2-5-11-22)31(38)37(36(30)23-12-6-3-7-13-23)28-25-14-8-9-15-27(25)34-29(32)26(28)20-33/h2-19,30H,1H3. The van der Waals surface area contributed by atoms with E-state index in [9.17, 15) is 10.1 Å². The highest BCUT2D eigenvalue weighted by Crippen LogP contribution is 2.46. The second-order valence-electron chi connectivity index (χ2n) is 8.88. The molecule has 1 aliphatic rings. The molecule has 39 heavy (non-hydrogen) atoms. The van der Waals surface area contributed by atoms with Crippen molar-refractivity contribution < 1.29 is 9.53 Å². The van der Waals surface area contributed by atoms with Gasteiger partial charge >= 0.3 is 6.03 Å². The van der Waals surface area contributed by atoms with Crippen molar-refractivity contribution in [3.05, 3.63) is 125 Å². The van der Waals surface area contributed by atoms with E-state index in [0.717, 1.165) is 11.3 Å². The molecule has 2 heterocycles. The molecule has 1 unspecified atom stereocenters. The summed E-state index contributed by atoms with van der Waals surface area (Å²) in [6.45, 7) is 0. The average Bonchev–Trinajstić information content (AvgIpc) is 3.29. The van der Waals surface area contributed by atoms with Crippen LogP contribution in [0.25, 0.3) is 10.9 Å². The van der Waals surface area contributed by atoms with E-state index in [1.807, 2.05) is 114 Å². The summed E-state index contributed by atoms with van der Waals surface area (Å²) < 4.78 is 5.40. The average molecular weight is 532 g/mol. The fourth-order valence-corrected chi connectivity index (χ4v) is 5.17. The third-order valence-corrected chi connectivity index (χ3v) is 6.97. The molecule has 0 radical (unpaired) electrons. The number of anilines is 3. The SMILES string of the molecule is COc1ccc(C2N(c3ccccc3)C(=O)N(c3c(C#N)c(Cl)nc4ccccc34)N2c2ccccc2)cc1. The Balaban J connectivity index is 1.68. The molecule has 1 aromatic heterocycles. The number of fused-ring (bicyclic) bond motifs is 1. The summed E-state index contributed by atoms with van der Waals surface area (Å²) in [5.41, 5.74) is 3.38. The number of para-hydroxylation sites is 3. The second kappa shape index (κ2) is 10.0. The number of pyridine rings is 1. The lowest BCUT2D eigenvalue weighted by atomic mass is 10.1. The molecule has 1 saturated heterocycles. The normalized spacial score (nSPS) is 15.1. The monoisotopic (exact) mass is 531 g/mol. The minimum Gasteiger partial charge on any atom is -0.497 e. The Bertz CT molecular complexity index is 1710. The Morgan fingerprint density at radius 2 is 1.46 bits per heavy atom. The van der Waals surface area contributed by atoms with Gasteiger partial charge in [-0.1, -0.05) is 78.3 Å². The highest BCUT2D eigenvalue weighted by Gasteiger charge is 2.48. The van der Waals surface area contributed by atoms with Gasteiger partial charge in [0.25, 0.3) is 0 Å². The Kier molecular flexibility index (Phi) is 6.23. The molecule has 1 atom stereocenters. The number of ether oxygens (including phenoxy) is 1. The number of nitrogens with zero attached hydrogens (tertiary/aromatic N) is 5. The van der Waals surface area contributed by atoms with Gasteiger partial charge in [0.05, 0.1) is 24.0 Å². The van der Waals surface area contributed by atoms with E-state index < -0.39 is 6.17 Å². The first kappa shape index (κ1) is 24.3. The minimum atomic E-state index is -0.592.